The van der Waals surface area contributed by atoms with Gasteiger partial charge in [-0.25, -0.2) is 0 Å². The van der Waals surface area contributed by atoms with Crippen LogP contribution < -0.4 is 0 Å². The molecule has 0 aliphatic heterocycles. The summed E-state index contributed by atoms with van der Waals surface area (Å²) in [5.41, 5.74) is 0. The van der Waals surface area contributed by atoms with Crippen LogP contribution >= 0.6 is 7.37 Å². The molecule has 0 unspecified atom stereocenters. The van der Waals surface area contributed by atoms with Crippen molar-refractivity contribution in [3.63, 3.8) is 0 Å². The molecule has 1 N–H and O–H groups in total. The predicted octanol–water partition coefficient (Wildman–Crippen LogP) is 1.98. The van der Waals surface area contributed by atoms with Crippen molar-refractivity contribution < 1.29 is 35.8 Å². The van der Waals surface area contributed by atoms with Crippen molar-refractivity contribution in [1.82, 2.24) is 0 Å². The molecule has 16 heavy (non-hydrogen) atoms. The molecule has 0 heterocycles. The molecule has 10 heteroatoms. The zero-order valence-electron chi connectivity index (χ0n) is 7.40. The predicted molar refractivity (Wildman–Crippen MR) is 50.8 cm³/mol. The molecule has 2 nitrogen and oxygen atoms in total. The van der Waals surface area contributed by atoms with Crippen molar-refractivity contribution in [1.29, 1.82) is 0 Å². The fourth-order valence-electron chi connectivity index (χ4n) is 0.715. The standard InChI is InChI=1S/C6H9F6O2P.Al.3H/c7-5(8,9)1-3-15(13,14)4-2-6(10,11)12;;;;/h1-4H2,(H,13,14);;;;. The third-order valence-electron chi connectivity index (χ3n) is 1.49. The maximum atomic E-state index is 11.6. The molecule has 0 aliphatic carbocycles. The van der Waals surface area contributed by atoms with Gasteiger partial charge in [-0.2, -0.15) is 26.3 Å². The van der Waals surface area contributed by atoms with Crippen molar-refractivity contribution in [2.45, 2.75) is 25.2 Å². The van der Waals surface area contributed by atoms with Crippen LogP contribution in [0.1, 0.15) is 12.8 Å². The molecule has 0 rings (SSSR count). The molecule has 0 radical (unpaired) electrons. The number of halogens is 6. The molecule has 0 spiro atoms. The van der Waals surface area contributed by atoms with Gasteiger partial charge in [0.25, 0.3) is 0 Å². The Balaban J connectivity index is 0. The van der Waals surface area contributed by atoms with Crippen LogP contribution in [0.5, 0.6) is 0 Å². The molecule has 0 saturated heterocycles. The molecule has 0 bridgehead atoms. The fourth-order valence-corrected chi connectivity index (χ4v) is 2.14. The fraction of sp³-hybridized carbons (Fsp3) is 1.00. The van der Waals surface area contributed by atoms with Gasteiger partial charge in [-0.3, -0.25) is 4.57 Å². The van der Waals surface area contributed by atoms with E-state index in [0.717, 1.165) is 0 Å². The molecular formula is C6H12AlF6O2P. The lowest BCUT2D eigenvalue weighted by molar-refractivity contribution is -0.130. The Labute approximate surface area is 98.6 Å². The highest BCUT2D eigenvalue weighted by Crippen LogP contribution is 2.45. The van der Waals surface area contributed by atoms with Crippen LogP contribution in [0.2, 0.25) is 0 Å². The van der Waals surface area contributed by atoms with Gasteiger partial charge in [0.15, 0.2) is 17.4 Å². The summed E-state index contributed by atoms with van der Waals surface area (Å²) in [6.45, 7) is 0. The van der Waals surface area contributed by atoms with Crippen LogP contribution in [0.25, 0.3) is 0 Å². The second-order valence-corrected chi connectivity index (χ2v) is 5.61. The lowest BCUT2D eigenvalue weighted by Crippen LogP contribution is -2.14. The first-order chi connectivity index (χ1) is 6.41. The Morgan fingerprint density at radius 2 is 1.12 bits per heavy atom. The molecule has 0 aliphatic rings. The Morgan fingerprint density at radius 1 is 0.875 bits per heavy atom. The van der Waals surface area contributed by atoms with Crippen LogP contribution in [0.3, 0.4) is 0 Å². The van der Waals surface area contributed by atoms with Crippen molar-refractivity contribution in [2.24, 2.45) is 0 Å². The van der Waals surface area contributed by atoms with E-state index in [-0.39, 0.29) is 17.4 Å². The van der Waals surface area contributed by atoms with Crippen LogP contribution in [-0.4, -0.2) is 46.9 Å². The Bertz CT molecular complexity index is 228. The van der Waals surface area contributed by atoms with Crippen LogP contribution in [0.15, 0.2) is 0 Å². The average molecular weight is 288 g/mol. The summed E-state index contributed by atoms with van der Waals surface area (Å²) in [6, 6.07) is 0. The first kappa shape index (κ1) is 18.7. The quantitative estimate of drug-likeness (QED) is 0.488. The van der Waals surface area contributed by atoms with E-state index in [2.05, 4.69) is 0 Å². The number of hydrogen-bond donors (Lipinski definition) is 1. The molecule has 0 amide bonds. The summed E-state index contributed by atoms with van der Waals surface area (Å²) in [6.07, 6.45) is -14.7. The minimum Gasteiger partial charge on any atom is -0.344 e. The van der Waals surface area contributed by atoms with Gasteiger partial charge in [0.1, 0.15) is 0 Å². The lowest BCUT2D eigenvalue weighted by Gasteiger charge is -2.13. The van der Waals surface area contributed by atoms with Gasteiger partial charge in [0.2, 0.25) is 7.37 Å². The third kappa shape index (κ3) is 12.4. The smallest absolute Gasteiger partial charge is 0.344 e. The van der Waals surface area contributed by atoms with Crippen LogP contribution in [-0.2, 0) is 4.57 Å². The van der Waals surface area contributed by atoms with Gasteiger partial charge in [-0.1, -0.05) is 0 Å². The summed E-state index contributed by atoms with van der Waals surface area (Å²) in [4.78, 5) is 8.80. The summed E-state index contributed by atoms with van der Waals surface area (Å²) in [7, 11) is -4.33. The highest BCUT2D eigenvalue weighted by atomic mass is 31.2. The van der Waals surface area contributed by atoms with Crippen LogP contribution in [0.4, 0.5) is 26.3 Å². The zero-order chi connectivity index (χ0) is 12.3. The van der Waals surface area contributed by atoms with E-state index in [1.807, 2.05) is 0 Å². The lowest BCUT2D eigenvalue weighted by atomic mass is 10.5. The van der Waals surface area contributed by atoms with E-state index < -0.39 is 44.9 Å². The van der Waals surface area contributed by atoms with E-state index >= 15 is 0 Å². The molecule has 0 fully saturated rings. The minimum atomic E-state index is -4.63. The van der Waals surface area contributed by atoms with Crippen molar-refractivity contribution in [3.05, 3.63) is 0 Å². The highest BCUT2D eigenvalue weighted by molar-refractivity contribution is 7.57. The normalized spacial score (nSPS) is 13.4. The average Bonchev–Trinajstić information content (AvgIpc) is 1.96. The number of rotatable bonds is 4. The number of alkyl halides is 6. The van der Waals surface area contributed by atoms with E-state index in [9.17, 15) is 30.9 Å². The van der Waals surface area contributed by atoms with E-state index in [0.29, 0.717) is 0 Å². The van der Waals surface area contributed by atoms with Crippen molar-refractivity contribution in [2.75, 3.05) is 12.3 Å². The third-order valence-corrected chi connectivity index (χ3v) is 3.33. The molecule has 98 valence electrons. The summed E-state index contributed by atoms with van der Waals surface area (Å²) < 4.78 is 80.5. The molecule has 0 atom stereocenters. The Kier molecular flexibility index (Phi) is 7.34. The molecule has 0 aromatic carbocycles. The molecule has 0 aromatic heterocycles. The first-order valence-corrected chi connectivity index (χ1v) is 5.89. The molecule has 0 saturated carbocycles. The largest absolute Gasteiger partial charge is 0.389 e. The molecular weight excluding hydrogens is 276 g/mol. The SMILES string of the molecule is O=P(O)(CCC(F)(F)F)CCC(F)(F)F.[AlH3]. The maximum Gasteiger partial charge on any atom is 0.389 e. The number of hydrogen-bond acceptors (Lipinski definition) is 1. The molecule has 0 aromatic rings. The first-order valence-electron chi connectivity index (χ1n) is 3.86. The van der Waals surface area contributed by atoms with Gasteiger partial charge in [-0.15, -0.1) is 0 Å². The maximum absolute atomic E-state index is 11.6. The van der Waals surface area contributed by atoms with Crippen molar-refractivity contribution >= 4 is 24.7 Å². The summed E-state index contributed by atoms with van der Waals surface area (Å²) in [5.74, 6) is 0. The van der Waals surface area contributed by atoms with Crippen LogP contribution in [0, 0.1) is 0 Å². The van der Waals surface area contributed by atoms with E-state index in [1.165, 1.54) is 0 Å². The van der Waals surface area contributed by atoms with Gasteiger partial charge in [0, 0.05) is 12.3 Å². The van der Waals surface area contributed by atoms with Gasteiger partial charge in [-0.05, 0) is 0 Å². The minimum absolute atomic E-state index is 0. The highest BCUT2D eigenvalue weighted by Gasteiger charge is 2.35. The Morgan fingerprint density at radius 3 is 1.31 bits per heavy atom. The van der Waals surface area contributed by atoms with E-state index in [1.54, 1.807) is 0 Å². The zero-order valence-corrected chi connectivity index (χ0v) is 8.29. The Hall–Kier alpha value is 0.302. The second-order valence-electron chi connectivity index (χ2n) is 3.02. The topological polar surface area (TPSA) is 37.3 Å². The van der Waals surface area contributed by atoms with Gasteiger partial charge < -0.3 is 4.89 Å². The monoisotopic (exact) mass is 288 g/mol. The van der Waals surface area contributed by atoms with Gasteiger partial charge >= 0.3 is 12.4 Å². The van der Waals surface area contributed by atoms with Crippen molar-refractivity contribution in [3.8, 4) is 0 Å². The van der Waals surface area contributed by atoms with E-state index in [4.69, 9.17) is 4.89 Å². The second kappa shape index (κ2) is 6.29. The van der Waals surface area contributed by atoms with Gasteiger partial charge in [0.05, 0.1) is 12.8 Å². The summed E-state index contributed by atoms with van der Waals surface area (Å²) in [5, 5.41) is 0. The summed E-state index contributed by atoms with van der Waals surface area (Å²) >= 11 is 0.